The van der Waals surface area contributed by atoms with Crippen LogP contribution in [0.3, 0.4) is 0 Å². The largest absolute Gasteiger partial charge is 0.506 e. The van der Waals surface area contributed by atoms with Crippen LogP contribution in [0.4, 0.5) is 11.4 Å². The van der Waals surface area contributed by atoms with Crippen molar-refractivity contribution in [2.24, 2.45) is 7.05 Å². The summed E-state index contributed by atoms with van der Waals surface area (Å²) >= 11 is 0. The van der Waals surface area contributed by atoms with Crippen LogP contribution >= 0.6 is 0 Å². The van der Waals surface area contributed by atoms with E-state index >= 15 is 0 Å². The Morgan fingerprint density at radius 3 is 2.38 bits per heavy atom. The third-order valence-corrected chi connectivity index (χ3v) is 6.34. The minimum Gasteiger partial charge on any atom is -0.506 e. The highest BCUT2D eigenvalue weighted by Gasteiger charge is 2.27. The predicted molar refractivity (Wildman–Crippen MR) is 122 cm³/mol. The molecule has 32 heavy (non-hydrogen) atoms. The molecule has 166 valence electrons. The molecule has 3 heterocycles. The van der Waals surface area contributed by atoms with E-state index in [9.17, 15) is 14.7 Å². The number of carbonyl (C=O) groups excluding carboxylic acids is 1. The Hall–Kier alpha value is -3.68. The average Bonchev–Trinajstić information content (AvgIpc) is 3.29. The summed E-state index contributed by atoms with van der Waals surface area (Å²) in [5, 5.41) is 11.3. The maximum atomic E-state index is 13.3. The van der Waals surface area contributed by atoms with Crippen molar-refractivity contribution in [3.8, 4) is 17.2 Å². The molecule has 2 aliphatic rings. The van der Waals surface area contributed by atoms with Crippen molar-refractivity contribution in [1.29, 1.82) is 0 Å². The number of hydrogen-bond acceptors (Lipinski definition) is 6. The summed E-state index contributed by atoms with van der Waals surface area (Å²) in [6.07, 6.45) is 3.63. The molecule has 2 aromatic carbocycles. The van der Waals surface area contributed by atoms with E-state index in [-0.39, 0.29) is 18.1 Å². The molecule has 0 aliphatic carbocycles. The summed E-state index contributed by atoms with van der Waals surface area (Å²) in [6, 6.07) is 10.9. The Labute approximate surface area is 185 Å². The Kier molecular flexibility index (Phi) is 4.92. The van der Waals surface area contributed by atoms with Gasteiger partial charge in [-0.1, -0.05) is 0 Å². The molecule has 0 atom stereocenters. The quantitative estimate of drug-likeness (QED) is 0.680. The van der Waals surface area contributed by atoms with Gasteiger partial charge in [0, 0.05) is 50.0 Å². The van der Waals surface area contributed by atoms with Gasteiger partial charge < -0.3 is 28.9 Å². The van der Waals surface area contributed by atoms with Gasteiger partial charge in [-0.25, -0.2) is 0 Å². The van der Waals surface area contributed by atoms with Gasteiger partial charge in [-0.3, -0.25) is 9.59 Å². The minimum absolute atomic E-state index is 0.0717. The van der Waals surface area contributed by atoms with E-state index in [4.69, 9.17) is 9.47 Å². The first kappa shape index (κ1) is 20.2. The van der Waals surface area contributed by atoms with E-state index in [0.717, 1.165) is 18.8 Å². The van der Waals surface area contributed by atoms with Gasteiger partial charge in [0.15, 0.2) is 11.5 Å². The summed E-state index contributed by atoms with van der Waals surface area (Å²) in [7, 11) is 3.16. The lowest BCUT2D eigenvalue weighted by Crippen LogP contribution is -2.34. The molecule has 0 spiro atoms. The summed E-state index contributed by atoms with van der Waals surface area (Å²) < 4.78 is 12.1. The van der Waals surface area contributed by atoms with Crippen LogP contribution in [-0.2, 0) is 7.05 Å². The van der Waals surface area contributed by atoms with Crippen molar-refractivity contribution in [3.63, 3.8) is 0 Å². The number of ether oxygens (including phenoxy) is 2. The smallest absolute Gasteiger partial charge is 0.267 e. The zero-order valence-corrected chi connectivity index (χ0v) is 18.1. The van der Waals surface area contributed by atoms with Crippen LogP contribution in [-0.4, -0.2) is 42.5 Å². The molecule has 1 fully saturated rings. The Balaban J connectivity index is 1.50. The van der Waals surface area contributed by atoms with Gasteiger partial charge in [-0.15, -0.1) is 0 Å². The standard InChI is InChI=1S/C24H25N3O5/c1-25(15-6-8-16(9-7-15)27-10-4-3-5-11-27)23(29)21-22(28)17-12-19-20(32-14-31-19)13-18(17)26(2)24(21)30/h6-9,12-13,28H,3-5,10-11,14H2,1-2H3. The first-order valence-electron chi connectivity index (χ1n) is 10.7. The van der Waals surface area contributed by atoms with Crippen molar-refractivity contribution < 1.29 is 19.4 Å². The van der Waals surface area contributed by atoms with Gasteiger partial charge in [0.25, 0.3) is 11.5 Å². The number of aromatic hydroxyl groups is 1. The first-order chi connectivity index (χ1) is 15.5. The third-order valence-electron chi connectivity index (χ3n) is 6.34. The number of pyridine rings is 1. The van der Waals surface area contributed by atoms with E-state index in [1.165, 1.54) is 28.7 Å². The van der Waals surface area contributed by atoms with E-state index < -0.39 is 11.5 Å². The van der Waals surface area contributed by atoms with Crippen LogP contribution in [0.5, 0.6) is 17.2 Å². The lowest BCUT2D eigenvalue weighted by atomic mass is 10.1. The molecule has 0 radical (unpaired) electrons. The number of aromatic nitrogens is 1. The van der Waals surface area contributed by atoms with Crippen molar-refractivity contribution in [1.82, 2.24) is 4.57 Å². The number of anilines is 2. The molecule has 2 aliphatic heterocycles. The van der Waals surface area contributed by atoms with E-state index in [0.29, 0.717) is 28.1 Å². The molecule has 1 aromatic heterocycles. The molecule has 1 N–H and O–H groups in total. The second-order valence-electron chi connectivity index (χ2n) is 8.24. The number of benzene rings is 2. The highest BCUT2D eigenvalue weighted by Crippen LogP contribution is 2.39. The minimum atomic E-state index is -0.576. The van der Waals surface area contributed by atoms with Gasteiger partial charge in [0.1, 0.15) is 11.3 Å². The Morgan fingerprint density at radius 2 is 1.69 bits per heavy atom. The molecule has 0 unspecified atom stereocenters. The summed E-state index contributed by atoms with van der Waals surface area (Å²) in [5.74, 6) is 0.0278. The molecule has 8 nitrogen and oxygen atoms in total. The van der Waals surface area contributed by atoms with Crippen LogP contribution in [0.1, 0.15) is 29.6 Å². The zero-order valence-electron chi connectivity index (χ0n) is 18.1. The summed E-state index contributed by atoms with van der Waals surface area (Å²) in [5.41, 5.74) is 1.37. The second kappa shape index (κ2) is 7.78. The number of carbonyl (C=O) groups is 1. The molecule has 3 aromatic rings. The topological polar surface area (TPSA) is 84.2 Å². The third kappa shape index (κ3) is 3.23. The highest BCUT2D eigenvalue weighted by atomic mass is 16.7. The summed E-state index contributed by atoms with van der Waals surface area (Å²) in [6.45, 7) is 2.14. The molecule has 5 rings (SSSR count). The molecular weight excluding hydrogens is 410 g/mol. The maximum absolute atomic E-state index is 13.3. The van der Waals surface area contributed by atoms with Gasteiger partial charge in [-0.05, 0) is 49.6 Å². The fourth-order valence-electron chi connectivity index (χ4n) is 4.43. The van der Waals surface area contributed by atoms with Gasteiger partial charge in [-0.2, -0.15) is 0 Å². The van der Waals surface area contributed by atoms with Crippen molar-refractivity contribution in [2.75, 3.05) is 36.7 Å². The van der Waals surface area contributed by atoms with Crippen LogP contribution in [0.15, 0.2) is 41.2 Å². The zero-order chi connectivity index (χ0) is 22.4. The number of nitrogens with zero attached hydrogens (tertiary/aromatic N) is 3. The predicted octanol–water partition coefficient (Wildman–Crippen LogP) is 3.24. The number of amides is 1. The lowest BCUT2D eigenvalue weighted by Gasteiger charge is -2.29. The average molecular weight is 435 g/mol. The molecule has 0 bridgehead atoms. The molecule has 0 saturated carbocycles. The van der Waals surface area contributed by atoms with Crippen molar-refractivity contribution >= 4 is 28.2 Å². The van der Waals surface area contributed by atoms with Gasteiger partial charge in [0.2, 0.25) is 6.79 Å². The molecule has 1 saturated heterocycles. The number of rotatable bonds is 3. The normalized spacial score (nSPS) is 15.2. The number of hydrogen-bond donors (Lipinski definition) is 1. The molecule has 1 amide bonds. The number of piperidine rings is 1. The van der Waals surface area contributed by atoms with Crippen LogP contribution < -0.4 is 24.8 Å². The maximum Gasteiger partial charge on any atom is 0.267 e. The van der Waals surface area contributed by atoms with Crippen LogP contribution in [0.25, 0.3) is 10.9 Å². The Bertz CT molecular complexity index is 1260. The summed E-state index contributed by atoms with van der Waals surface area (Å²) in [4.78, 5) is 30.0. The van der Waals surface area contributed by atoms with Gasteiger partial charge in [0.05, 0.1) is 5.52 Å². The van der Waals surface area contributed by atoms with Crippen LogP contribution in [0, 0.1) is 0 Å². The monoisotopic (exact) mass is 435 g/mol. The van der Waals surface area contributed by atoms with Crippen LogP contribution in [0.2, 0.25) is 0 Å². The van der Waals surface area contributed by atoms with Crippen molar-refractivity contribution in [2.45, 2.75) is 19.3 Å². The highest BCUT2D eigenvalue weighted by molar-refractivity contribution is 6.10. The second-order valence-corrected chi connectivity index (χ2v) is 8.24. The van der Waals surface area contributed by atoms with E-state index in [1.54, 1.807) is 26.2 Å². The van der Waals surface area contributed by atoms with Crippen molar-refractivity contribution in [3.05, 3.63) is 52.3 Å². The van der Waals surface area contributed by atoms with Gasteiger partial charge >= 0.3 is 0 Å². The SMILES string of the molecule is CN(C(=O)c1c(O)c2cc3c(cc2n(C)c1=O)OCO3)c1ccc(N2CCCCC2)cc1. The fourth-order valence-corrected chi connectivity index (χ4v) is 4.43. The molecular formula is C24H25N3O5. The number of aryl methyl sites for hydroxylation is 1. The van der Waals surface area contributed by atoms with E-state index in [2.05, 4.69) is 4.90 Å². The number of fused-ring (bicyclic) bond motifs is 2. The van der Waals surface area contributed by atoms with E-state index in [1.807, 2.05) is 24.3 Å². The fraction of sp³-hybridized carbons (Fsp3) is 0.333. The lowest BCUT2D eigenvalue weighted by molar-refractivity contribution is 0.0988. The molecule has 8 heteroatoms. The Morgan fingerprint density at radius 1 is 1.03 bits per heavy atom. The first-order valence-corrected chi connectivity index (χ1v) is 10.7.